The van der Waals surface area contributed by atoms with Gasteiger partial charge in [0, 0.05) is 12.6 Å². The van der Waals surface area contributed by atoms with Crippen LogP contribution in [0.15, 0.2) is 30.3 Å². The maximum absolute atomic E-state index is 8.97. The Hall–Kier alpha value is -2.34. The van der Waals surface area contributed by atoms with Crippen LogP contribution < -0.4 is 5.32 Å². The van der Waals surface area contributed by atoms with Crippen LogP contribution in [0.25, 0.3) is 11.3 Å². The van der Waals surface area contributed by atoms with Gasteiger partial charge in [0.15, 0.2) is 0 Å². The summed E-state index contributed by atoms with van der Waals surface area (Å²) < 4.78 is 0. The SMILES string of the molecule is CNc1nc(-c2ccc(C)cc2C)ccc1C#N. The fourth-order valence-electron chi connectivity index (χ4n) is 1.99. The van der Waals surface area contributed by atoms with Crippen molar-refractivity contribution in [2.24, 2.45) is 0 Å². The van der Waals surface area contributed by atoms with Crippen LogP contribution in [0.4, 0.5) is 5.82 Å². The summed E-state index contributed by atoms with van der Waals surface area (Å²) in [6, 6.07) is 12.1. The van der Waals surface area contributed by atoms with Crippen LogP contribution in [0.5, 0.6) is 0 Å². The number of aryl methyl sites for hydroxylation is 2. The van der Waals surface area contributed by atoms with Gasteiger partial charge < -0.3 is 5.32 Å². The highest BCUT2D eigenvalue weighted by atomic mass is 15.0. The fraction of sp³-hybridized carbons (Fsp3) is 0.200. The Balaban J connectivity index is 2.55. The minimum absolute atomic E-state index is 0.561. The molecule has 3 heteroatoms. The van der Waals surface area contributed by atoms with Crippen LogP contribution in [0.1, 0.15) is 16.7 Å². The molecule has 1 aromatic carbocycles. The quantitative estimate of drug-likeness (QED) is 0.872. The Kier molecular flexibility index (Phi) is 3.29. The molecular weight excluding hydrogens is 222 g/mol. The number of nitrogens with zero attached hydrogens (tertiary/aromatic N) is 2. The number of benzene rings is 1. The summed E-state index contributed by atoms with van der Waals surface area (Å²) >= 11 is 0. The molecule has 0 unspecified atom stereocenters. The largest absolute Gasteiger partial charge is 0.372 e. The number of anilines is 1. The second-order valence-electron chi connectivity index (χ2n) is 4.27. The van der Waals surface area contributed by atoms with E-state index in [-0.39, 0.29) is 0 Å². The topological polar surface area (TPSA) is 48.7 Å². The first-order valence-electron chi connectivity index (χ1n) is 5.82. The van der Waals surface area contributed by atoms with Crippen LogP contribution in [0.2, 0.25) is 0 Å². The highest BCUT2D eigenvalue weighted by Gasteiger charge is 2.07. The molecule has 18 heavy (non-hydrogen) atoms. The molecule has 0 spiro atoms. The third-order valence-corrected chi connectivity index (χ3v) is 2.91. The molecule has 90 valence electrons. The molecule has 0 fully saturated rings. The number of hydrogen-bond acceptors (Lipinski definition) is 3. The van der Waals surface area contributed by atoms with Crippen molar-refractivity contribution in [3.8, 4) is 17.3 Å². The number of pyridine rings is 1. The zero-order valence-electron chi connectivity index (χ0n) is 10.8. The van der Waals surface area contributed by atoms with Gasteiger partial charge in [-0.05, 0) is 31.5 Å². The lowest BCUT2D eigenvalue weighted by Crippen LogP contribution is -1.98. The zero-order chi connectivity index (χ0) is 13.1. The Morgan fingerprint density at radius 3 is 2.56 bits per heavy atom. The molecule has 0 saturated carbocycles. The van der Waals surface area contributed by atoms with Gasteiger partial charge in [0.1, 0.15) is 11.9 Å². The second-order valence-corrected chi connectivity index (χ2v) is 4.27. The Bertz CT molecular complexity index is 624. The molecule has 2 aromatic rings. The molecule has 0 saturated heterocycles. The Morgan fingerprint density at radius 1 is 1.17 bits per heavy atom. The molecule has 1 heterocycles. The van der Waals surface area contributed by atoms with Gasteiger partial charge in [-0.3, -0.25) is 0 Å². The molecule has 0 atom stereocenters. The third kappa shape index (κ3) is 2.18. The smallest absolute Gasteiger partial charge is 0.144 e. The minimum Gasteiger partial charge on any atom is -0.372 e. The molecule has 0 aliphatic carbocycles. The van der Waals surface area contributed by atoms with Crippen LogP contribution in [0.3, 0.4) is 0 Å². The van der Waals surface area contributed by atoms with Crippen molar-refractivity contribution < 1.29 is 0 Å². The minimum atomic E-state index is 0.561. The van der Waals surface area contributed by atoms with Crippen LogP contribution in [0, 0.1) is 25.2 Å². The molecule has 3 nitrogen and oxygen atoms in total. The molecule has 0 amide bonds. The van der Waals surface area contributed by atoms with Gasteiger partial charge in [0.05, 0.1) is 11.3 Å². The van der Waals surface area contributed by atoms with E-state index < -0.39 is 0 Å². The van der Waals surface area contributed by atoms with Gasteiger partial charge in [0.2, 0.25) is 0 Å². The second kappa shape index (κ2) is 4.89. The number of nitrogens with one attached hydrogen (secondary N) is 1. The van der Waals surface area contributed by atoms with E-state index in [1.54, 1.807) is 13.1 Å². The van der Waals surface area contributed by atoms with Crippen LogP contribution >= 0.6 is 0 Å². The average Bonchev–Trinajstić information content (AvgIpc) is 2.38. The molecule has 1 aromatic heterocycles. The van der Waals surface area contributed by atoms with Crippen molar-refractivity contribution in [3.63, 3.8) is 0 Å². The van der Waals surface area contributed by atoms with Crippen molar-refractivity contribution in [3.05, 3.63) is 47.0 Å². The molecule has 0 aliphatic rings. The number of nitriles is 1. The summed E-state index contributed by atoms with van der Waals surface area (Å²) in [4.78, 5) is 4.49. The van der Waals surface area contributed by atoms with Gasteiger partial charge in [-0.25, -0.2) is 4.98 Å². The molecule has 1 N–H and O–H groups in total. The van der Waals surface area contributed by atoms with E-state index in [4.69, 9.17) is 5.26 Å². The predicted octanol–water partition coefficient (Wildman–Crippen LogP) is 3.28. The lowest BCUT2D eigenvalue weighted by atomic mass is 10.0. The highest BCUT2D eigenvalue weighted by Crippen LogP contribution is 2.25. The van der Waals surface area contributed by atoms with Gasteiger partial charge in [0.25, 0.3) is 0 Å². The monoisotopic (exact) mass is 237 g/mol. The predicted molar refractivity (Wildman–Crippen MR) is 73.4 cm³/mol. The van der Waals surface area contributed by atoms with E-state index in [0.717, 1.165) is 11.3 Å². The van der Waals surface area contributed by atoms with Crippen molar-refractivity contribution >= 4 is 5.82 Å². The fourth-order valence-corrected chi connectivity index (χ4v) is 1.99. The molecule has 2 rings (SSSR count). The normalized spacial score (nSPS) is 9.89. The van der Waals surface area contributed by atoms with Crippen molar-refractivity contribution in [1.82, 2.24) is 4.98 Å². The first kappa shape index (κ1) is 12.1. The summed E-state index contributed by atoms with van der Waals surface area (Å²) in [6.07, 6.45) is 0. The van der Waals surface area contributed by atoms with Gasteiger partial charge in [-0.15, -0.1) is 0 Å². The summed E-state index contributed by atoms with van der Waals surface area (Å²) in [5.41, 5.74) is 4.97. The van der Waals surface area contributed by atoms with Crippen molar-refractivity contribution in [1.29, 1.82) is 5.26 Å². The maximum Gasteiger partial charge on any atom is 0.144 e. The van der Waals surface area contributed by atoms with E-state index in [1.807, 2.05) is 6.07 Å². The van der Waals surface area contributed by atoms with Crippen molar-refractivity contribution in [2.75, 3.05) is 12.4 Å². The van der Waals surface area contributed by atoms with Gasteiger partial charge in [-0.2, -0.15) is 5.26 Å². The van der Waals surface area contributed by atoms with E-state index in [9.17, 15) is 0 Å². The average molecular weight is 237 g/mol. The number of aromatic nitrogens is 1. The Labute approximate surface area is 107 Å². The standard InChI is InChI=1S/C15H15N3/c1-10-4-6-13(11(2)8-10)14-7-5-12(9-16)15(17-3)18-14/h4-8H,1-3H3,(H,17,18). The van der Waals surface area contributed by atoms with E-state index in [2.05, 4.69) is 48.4 Å². The lowest BCUT2D eigenvalue weighted by molar-refractivity contribution is 1.25. The van der Waals surface area contributed by atoms with Gasteiger partial charge in [-0.1, -0.05) is 23.8 Å². The number of rotatable bonds is 2. The summed E-state index contributed by atoms with van der Waals surface area (Å²) in [6.45, 7) is 4.14. The highest BCUT2D eigenvalue weighted by molar-refractivity contribution is 5.67. The Morgan fingerprint density at radius 2 is 1.94 bits per heavy atom. The molecule has 0 aliphatic heterocycles. The summed E-state index contributed by atoms with van der Waals surface area (Å²) in [5.74, 6) is 0.620. The van der Waals surface area contributed by atoms with Crippen molar-refractivity contribution in [2.45, 2.75) is 13.8 Å². The first-order valence-corrected chi connectivity index (χ1v) is 5.82. The van der Waals surface area contributed by atoms with Crippen LogP contribution in [-0.4, -0.2) is 12.0 Å². The van der Waals surface area contributed by atoms with E-state index >= 15 is 0 Å². The third-order valence-electron chi connectivity index (χ3n) is 2.91. The zero-order valence-corrected chi connectivity index (χ0v) is 10.8. The molecule has 0 radical (unpaired) electrons. The maximum atomic E-state index is 8.97. The van der Waals surface area contributed by atoms with E-state index in [0.29, 0.717) is 11.4 Å². The molecule has 0 bridgehead atoms. The van der Waals surface area contributed by atoms with E-state index in [1.165, 1.54) is 11.1 Å². The number of hydrogen-bond donors (Lipinski definition) is 1. The first-order chi connectivity index (χ1) is 8.65. The van der Waals surface area contributed by atoms with Gasteiger partial charge >= 0.3 is 0 Å². The lowest BCUT2D eigenvalue weighted by Gasteiger charge is -2.09. The van der Waals surface area contributed by atoms with Crippen LogP contribution in [-0.2, 0) is 0 Å². The summed E-state index contributed by atoms with van der Waals surface area (Å²) in [7, 11) is 1.77. The molecular formula is C15H15N3. The summed E-state index contributed by atoms with van der Waals surface area (Å²) in [5, 5.41) is 11.9.